The summed E-state index contributed by atoms with van der Waals surface area (Å²) in [7, 11) is 0. The molecule has 3 aliphatic rings. The van der Waals surface area contributed by atoms with Crippen molar-refractivity contribution in [3.63, 3.8) is 0 Å². The zero-order valence-corrected chi connectivity index (χ0v) is 12.4. The Morgan fingerprint density at radius 1 is 1.05 bits per heavy atom. The Balaban J connectivity index is 1.69. The van der Waals surface area contributed by atoms with Crippen LogP contribution in [0.25, 0.3) is 5.57 Å². The molecule has 0 aliphatic carbocycles. The minimum Gasteiger partial charge on any atom is -0.346 e. The summed E-state index contributed by atoms with van der Waals surface area (Å²) in [5.74, 6) is 0. The van der Waals surface area contributed by atoms with E-state index in [1.54, 1.807) is 0 Å². The molecular weight excluding hydrogens is 268 g/mol. The second-order valence-electron chi connectivity index (χ2n) is 5.78. The quantitative estimate of drug-likeness (QED) is 0.813. The lowest BCUT2D eigenvalue weighted by molar-refractivity contribution is -0.0443. The first-order valence-electron chi connectivity index (χ1n) is 7.59. The average Bonchev–Trinajstić information content (AvgIpc) is 3.01. The Kier molecular flexibility index (Phi) is 3.59. The van der Waals surface area contributed by atoms with Crippen molar-refractivity contribution >= 4 is 17.3 Å². The second-order valence-corrected chi connectivity index (χ2v) is 7.33. The minimum atomic E-state index is -0.165. The molecule has 2 nitrogen and oxygen atoms in total. The summed E-state index contributed by atoms with van der Waals surface area (Å²) < 4.78 is 11.4. The smallest absolute Gasteiger partial charge is 0.184 e. The summed E-state index contributed by atoms with van der Waals surface area (Å²) >= 11 is 2.17. The van der Waals surface area contributed by atoms with Gasteiger partial charge in [-0.3, -0.25) is 0 Å². The molecular formula is C17H20O2S. The van der Waals surface area contributed by atoms with Gasteiger partial charge in [-0.2, -0.15) is 11.8 Å². The molecule has 0 spiro atoms. The minimum absolute atomic E-state index is 0.165. The van der Waals surface area contributed by atoms with Gasteiger partial charge in [0, 0.05) is 16.1 Å². The highest BCUT2D eigenvalue weighted by atomic mass is 32.2. The molecule has 2 unspecified atom stereocenters. The van der Waals surface area contributed by atoms with Crippen LogP contribution in [0, 0.1) is 0 Å². The van der Waals surface area contributed by atoms with Gasteiger partial charge < -0.3 is 9.47 Å². The number of allylic oxidation sites excluding steroid dienone is 1. The molecule has 0 amide bonds. The number of hydrogen-bond acceptors (Lipinski definition) is 3. The molecule has 3 heterocycles. The van der Waals surface area contributed by atoms with Gasteiger partial charge in [0.2, 0.25) is 0 Å². The Bertz CT molecular complexity index is 519. The number of ether oxygens (including phenoxy) is 2. The van der Waals surface area contributed by atoms with E-state index in [9.17, 15) is 0 Å². The monoisotopic (exact) mass is 288 g/mol. The van der Waals surface area contributed by atoms with Crippen molar-refractivity contribution in [1.29, 1.82) is 0 Å². The highest BCUT2D eigenvalue weighted by molar-refractivity contribution is 8.00. The zero-order valence-electron chi connectivity index (χ0n) is 11.6. The van der Waals surface area contributed by atoms with Gasteiger partial charge in [0.15, 0.2) is 6.29 Å². The lowest BCUT2D eigenvalue weighted by atomic mass is 9.90. The van der Waals surface area contributed by atoms with E-state index in [0.29, 0.717) is 13.2 Å². The van der Waals surface area contributed by atoms with Crippen LogP contribution in [0.5, 0.6) is 0 Å². The van der Waals surface area contributed by atoms with Crippen LogP contribution in [0.2, 0.25) is 0 Å². The maximum atomic E-state index is 5.71. The molecule has 20 heavy (non-hydrogen) atoms. The van der Waals surface area contributed by atoms with Gasteiger partial charge in [0.25, 0.3) is 0 Å². The van der Waals surface area contributed by atoms with Crippen LogP contribution >= 0.6 is 11.8 Å². The van der Waals surface area contributed by atoms with E-state index >= 15 is 0 Å². The van der Waals surface area contributed by atoms with Crippen molar-refractivity contribution in [1.82, 2.24) is 0 Å². The Labute approximate surface area is 124 Å². The van der Waals surface area contributed by atoms with Crippen LogP contribution in [0.1, 0.15) is 43.1 Å². The average molecular weight is 288 g/mol. The van der Waals surface area contributed by atoms with Gasteiger partial charge in [-0.25, -0.2) is 0 Å². The fourth-order valence-electron chi connectivity index (χ4n) is 3.47. The predicted molar refractivity (Wildman–Crippen MR) is 82.7 cm³/mol. The molecule has 3 aliphatic heterocycles. The Morgan fingerprint density at radius 2 is 1.90 bits per heavy atom. The van der Waals surface area contributed by atoms with Crippen molar-refractivity contribution in [3.05, 3.63) is 41.5 Å². The molecule has 2 saturated heterocycles. The van der Waals surface area contributed by atoms with Gasteiger partial charge in [0.05, 0.1) is 13.2 Å². The maximum Gasteiger partial charge on any atom is 0.184 e. The van der Waals surface area contributed by atoms with Crippen LogP contribution in [-0.4, -0.2) is 23.7 Å². The van der Waals surface area contributed by atoms with Gasteiger partial charge in [-0.05, 0) is 30.4 Å². The highest BCUT2D eigenvalue weighted by Crippen LogP contribution is 2.44. The summed E-state index contributed by atoms with van der Waals surface area (Å²) in [4.78, 5) is 0. The number of rotatable bonds is 2. The van der Waals surface area contributed by atoms with E-state index in [4.69, 9.17) is 9.47 Å². The topological polar surface area (TPSA) is 18.5 Å². The summed E-state index contributed by atoms with van der Waals surface area (Å²) in [5.41, 5.74) is 4.06. The van der Waals surface area contributed by atoms with E-state index in [1.807, 2.05) is 0 Å². The molecule has 2 bridgehead atoms. The molecule has 0 saturated carbocycles. The van der Waals surface area contributed by atoms with Gasteiger partial charge in [0.1, 0.15) is 0 Å². The third-order valence-electron chi connectivity index (χ3n) is 4.40. The molecule has 0 radical (unpaired) electrons. The Morgan fingerprint density at radius 3 is 2.75 bits per heavy atom. The molecule has 106 valence electrons. The van der Waals surface area contributed by atoms with Crippen molar-refractivity contribution in [2.75, 3.05) is 13.2 Å². The highest BCUT2D eigenvalue weighted by Gasteiger charge is 2.29. The SMILES string of the molecule is C1=C(c2ccccc2C2OCCO2)CC2CCCC1S2. The van der Waals surface area contributed by atoms with Gasteiger partial charge >= 0.3 is 0 Å². The number of fused-ring (bicyclic) bond motifs is 2. The van der Waals surface area contributed by atoms with E-state index in [-0.39, 0.29) is 6.29 Å². The molecule has 0 N–H and O–H groups in total. The van der Waals surface area contributed by atoms with Gasteiger partial charge in [-0.15, -0.1) is 0 Å². The lowest BCUT2D eigenvalue weighted by Crippen LogP contribution is -2.21. The molecule has 2 fully saturated rings. The standard InChI is InChI=1S/C17H20O2S/c1-2-7-16(17-18-8-9-19-17)15(6-1)12-10-13-4-3-5-14(11-12)20-13/h1-2,6-7,10,13-14,17H,3-5,8-9,11H2. The summed E-state index contributed by atoms with van der Waals surface area (Å²) in [5, 5.41) is 1.53. The van der Waals surface area contributed by atoms with E-state index in [0.717, 1.165) is 10.5 Å². The third-order valence-corrected chi connectivity index (χ3v) is 5.91. The molecule has 3 heteroatoms. The number of thioether (sulfide) groups is 1. The number of hydrogen-bond donors (Lipinski definition) is 0. The van der Waals surface area contributed by atoms with Crippen LogP contribution in [0.3, 0.4) is 0 Å². The molecule has 4 rings (SSSR count). The van der Waals surface area contributed by atoms with Crippen LogP contribution < -0.4 is 0 Å². The molecule has 1 aromatic rings. The first kappa shape index (κ1) is 12.9. The van der Waals surface area contributed by atoms with Crippen LogP contribution in [0.4, 0.5) is 0 Å². The summed E-state index contributed by atoms with van der Waals surface area (Å²) in [6.07, 6.45) is 7.63. The predicted octanol–water partition coefficient (Wildman–Crippen LogP) is 4.17. The van der Waals surface area contributed by atoms with Crippen molar-refractivity contribution in [3.8, 4) is 0 Å². The van der Waals surface area contributed by atoms with Crippen LogP contribution in [-0.2, 0) is 9.47 Å². The first-order valence-corrected chi connectivity index (χ1v) is 8.53. The van der Waals surface area contributed by atoms with Crippen molar-refractivity contribution in [2.24, 2.45) is 0 Å². The summed E-state index contributed by atoms with van der Waals surface area (Å²) in [6, 6.07) is 8.61. The van der Waals surface area contributed by atoms with Crippen molar-refractivity contribution in [2.45, 2.75) is 42.5 Å². The first-order chi connectivity index (χ1) is 9.90. The van der Waals surface area contributed by atoms with Crippen molar-refractivity contribution < 1.29 is 9.47 Å². The van der Waals surface area contributed by atoms with E-state index in [2.05, 4.69) is 42.1 Å². The number of benzene rings is 1. The normalized spacial score (nSPS) is 30.3. The lowest BCUT2D eigenvalue weighted by Gasteiger charge is -2.33. The van der Waals surface area contributed by atoms with E-state index in [1.165, 1.54) is 42.4 Å². The molecule has 1 aromatic carbocycles. The van der Waals surface area contributed by atoms with Crippen LogP contribution in [0.15, 0.2) is 30.3 Å². The fraction of sp³-hybridized carbons (Fsp3) is 0.529. The van der Waals surface area contributed by atoms with E-state index < -0.39 is 0 Å². The maximum absolute atomic E-state index is 5.71. The Hall–Kier alpha value is -0.770. The molecule has 2 atom stereocenters. The largest absolute Gasteiger partial charge is 0.346 e. The summed E-state index contributed by atoms with van der Waals surface area (Å²) in [6.45, 7) is 1.41. The zero-order chi connectivity index (χ0) is 13.4. The molecule has 0 aromatic heterocycles. The van der Waals surface area contributed by atoms with Gasteiger partial charge in [-0.1, -0.05) is 36.8 Å². The second kappa shape index (κ2) is 5.55. The fourth-order valence-corrected chi connectivity index (χ4v) is 5.09. The third kappa shape index (κ3) is 2.43.